The molecule has 0 radical (unpaired) electrons. The third-order valence-electron chi connectivity index (χ3n) is 4.30. The van der Waals surface area contributed by atoms with Crippen LogP contribution in [0.25, 0.3) is 0 Å². The van der Waals surface area contributed by atoms with Crippen molar-refractivity contribution in [2.75, 3.05) is 6.61 Å². The topological polar surface area (TPSA) is 53.1 Å². The quantitative estimate of drug-likeness (QED) is 0.939. The summed E-state index contributed by atoms with van der Waals surface area (Å²) in [4.78, 5) is 0. The first-order valence-electron chi connectivity index (χ1n) is 7.73. The fourth-order valence-corrected chi connectivity index (χ4v) is 3.09. The minimum Gasteiger partial charge on any atom is -0.493 e. The zero-order chi connectivity index (χ0) is 14.9. The van der Waals surface area contributed by atoms with Crippen LogP contribution in [-0.2, 0) is 24.9 Å². The van der Waals surface area contributed by atoms with Crippen LogP contribution in [0.5, 0.6) is 5.75 Å². The minimum atomic E-state index is -0.368. The molecule has 4 nitrogen and oxygen atoms in total. The van der Waals surface area contributed by atoms with E-state index in [1.165, 1.54) is 5.69 Å². The number of para-hydroxylation sites is 1. The summed E-state index contributed by atoms with van der Waals surface area (Å²) in [5.41, 5.74) is 9.85. The number of hydrogen-bond donors (Lipinski definition) is 1. The van der Waals surface area contributed by atoms with Gasteiger partial charge in [0.15, 0.2) is 0 Å². The fraction of sp³-hybridized carbons (Fsp3) is 0.471. The van der Waals surface area contributed by atoms with Gasteiger partial charge < -0.3 is 10.5 Å². The van der Waals surface area contributed by atoms with Gasteiger partial charge in [-0.15, -0.1) is 0 Å². The average Bonchev–Trinajstić information content (AvgIpc) is 2.89. The van der Waals surface area contributed by atoms with E-state index >= 15 is 0 Å². The second-order valence-corrected chi connectivity index (χ2v) is 5.72. The second kappa shape index (κ2) is 5.53. The van der Waals surface area contributed by atoms with Gasteiger partial charge in [0.25, 0.3) is 0 Å². The molecule has 3 rings (SSSR count). The predicted molar refractivity (Wildman–Crippen MR) is 83.4 cm³/mol. The molecule has 1 atom stereocenters. The van der Waals surface area contributed by atoms with E-state index in [1.807, 2.05) is 18.2 Å². The van der Waals surface area contributed by atoms with E-state index in [4.69, 9.17) is 10.5 Å². The summed E-state index contributed by atoms with van der Waals surface area (Å²) in [6, 6.07) is 10.3. The number of aryl methyl sites for hydroxylation is 2. The number of nitrogens with zero attached hydrogens (tertiary/aromatic N) is 2. The molecule has 112 valence electrons. The average molecular weight is 285 g/mol. The minimum absolute atomic E-state index is 0.368. The molecular formula is C17H23N3O. The second-order valence-electron chi connectivity index (χ2n) is 5.72. The Bertz CT molecular complexity index is 635. The van der Waals surface area contributed by atoms with Gasteiger partial charge in [-0.2, -0.15) is 5.10 Å². The third-order valence-corrected chi connectivity index (χ3v) is 4.30. The van der Waals surface area contributed by atoms with E-state index in [1.54, 1.807) is 0 Å². The van der Waals surface area contributed by atoms with Gasteiger partial charge in [0, 0.05) is 30.6 Å². The maximum absolute atomic E-state index is 6.76. The summed E-state index contributed by atoms with van der Waals surface area (Å²) in [5.74, 6) is 0.921. The van der Waals surface area contributed by atoms with Gasteiger partial charge in [0.05, 0.1) is 17.8 Å². The molecule has 0 amide bonds. The highest BCUT2D eigenvalue weighted by Gasteiger charge is 2.34. The molecule has 1 unspecified atom stereocenters. The monoisotopic (exact) mass is 285 g/mol. The van der Waals surface area contributed by atoms with Gasteiger partial charge in [-0.25, -0.2) is 0 Å². The first-order valence-corrected chi connectivity index (χ1v) is 7.73. The molecule has 2 N–H and O–H groups in total. The van der Waals surface area contributed by atoms with Gasteiger partial charge in [0.2, 0.25) is 0 Å². The highest BCUT2D eigenvalue weighted by molar-refractivity contribution is 5.41. The Morgan fingerprint density at radius 2 is 2.14 bits per heavy atom. The van der Waals surface area contributed by atoms with Crippen molar-refractivity contribution in [3.8, 4) is 5.75 Å². The smallest absolute Gasteiger partial charge is 0.124 e. The lowest BCUT2D eigenvalue weighted by atomic mass is 9.81. The first kappa shape index (κ1) is 14.1. The van der Waals surface area contributed by atoms with Crippen molar-refractivity contribution in [2.24, 2.45) is 5.73 Å². The van der Waals surface area contributed by atoms with E-state index in [-0.39, 0.29) is 5.54 Å². The molecule has 2 heterocycles. The van der Waals surface area contributed by atoms with Crippen LogP contribution in [0.15, 0.2) is 30.3 Å². The Morgan fingerprint density at radius 1 is 1.33 bits per heavy atom. The van der Waals surface area contributed by atoms with Crippen LogP contribution in [0, 0.1) is 0 Å². The Labute approximate surface area is 125 Å². The fourth-order valence-electron chi connectivity index (χ4n) is 3.09. The number of benzene rings is 1. The Kier molecular flexibility index (Phi) is 3.72. The molecule has 2 aromatic rings. The van der Waals surface area contributed by atoms with Crippen molar-refractivity contribution in [1.29, 1.82) is 0 Å². The lowest BCUT2D eigenvalue weighted by Gasteiger charge is -2.35. The number of ether oxygens (including phenoxy) is 1. The molecule has 0 fully saturated rings. The summed E-state index contributed by atoms with van der Waals surface area (Å²) in [6.07, 6.45) is 2.59. The SMILES string of the molecule is CCc1cc(CC2(N)CCOc3ccccc32)n(CC)n1. The maximum atomic E-state index is 6.76. The maximum Gasteiger partial charge on any atom is 0.124 e. The van der Waals surface area contributed by atoms with Crippen molar-refractivity contribution in [1.82, 2.24) is 9.78 Å². The number of hydrogen-bond acceptors (Lipinski definition) is 3. The molecule has 4 heteroatoms. The Balaban J connectivity index is 1.96. The van der Waals surface area contributed by atoms with E-state index < -0.39 is 0 Å². The molecule has 0 spiro atoms. The van der Waals surface area contributed by atoms with Crippen molar-refractivity contribution >= 4 is 0 Å². The van der Waals surface area contributed by atoms with E-state index in [0.717, 1.165) is 42.8 Å². The molecule has 1 aromatic heterocycles. The van der Waals surface area contributed by atoms with Gasteiger partial charge >= 0.3 is 0 Å². The molecule has 0 saturated heterocycles. The summed E-state index contributed by atoms with van der Waals surface area (Å²) in [7, 11) is 0. The highest BCUT2D eigenvalue weighted by atomic mass is 16.5. The number of fused-ring (bicyclic) bond motifs is 1. The largest absolute Gasteiger partial charge is 0.493 e. The standard InChI is InChI=1S/C17H23N3O/c1-3-13-11-14(20(4-2)19-13)12-17(18)9-10-21-16-8-6-5-7-15(16)17/h5-8,11H,3-4,9-10,12,18H2,1-2H3. The summed E-state index contributed by atoms with van der Waals surface area (Å²) >= 11 is 0. The molecule has 0 saturated carbocycles. The van der Waals surface area contributed by atoms with Gasteiger partial charge in [-0.1, -0.05) is 25.1 Å². The van der Waals surface area contributed by atoms with Crippen LogP contribution in [0.4, 0.5) is 0 Å². The molecule has 0 aliphatic carbocycles. The van der Waals surface area contributed by atoms with Crippen LogP contribution in [0.3, 0.4) is 0 Å². The van der Waals surface area contributed by atoms with Gasteiger partial charge in [0.1, 0.15) is 5.75 Å². The predicted octanol–water partition coefficient (Wildman–Crippen LogP) is 2.64. The zero-order valence-electron chi connectivity index (χ0n) is 12.8. The number of aromatic nitrogens is 2. The van der Waals surface area contributed by atoms with Crippen molar-refractivity contribution in [2.45, 2.75) is 45.2 Å². The van der Waals surface area contributed by atoms with E-state index in [2.05, 4.69) is 35.8 Å². The van der Waals surface area contributed by atoms with Crippen LogP contribution < -0.4 is 10.5 Å². The van der Waals surface area contributed by atoms with Crippen LogP contribution in [0.1, 0.15) is 37.2 Å². The normalized spacial score (nSPS) is 20.9. The van der Waals surface area contributed by atoms with Gasteiger partial charge in [-0.05, 0) is 25.5 Å². The Hall–Kier alpha value is -1.81. The molecular weight excluding hydrogens is 262 g/mol. The van der Waals surface area contributed by atoms with Gasteiger partial charge in [-0.3, -0.25) is 4.68 Å². The van der Waals surface area contributed by atoms with Crippen molar-refractivity contribution < 1.29 is 4.74 Å². The van der Waals surface area contributed by atoms with Crippen molar-refractivity contribution in [3.05, 3.63) is 47.3 Å². The molecule has 1 aromatic carbocycles. The third kappa shape index (κ3) is 2.56. The summed E-state index contributed by atoms with van der Waals surface area (Å²) in [5, 5.41) is 4.63. The van der Waals surface area contributed by atoms with Crippen LogP contribution in [0.2, 0.25) is 0 Å². The summed E-state index contributed by atoms with van der Waals surface area (Å²) < 4.78 is 7.81. The number of nitrogens with two attached hydrogens (primary N) is 1. The molecule has 1 aliphatic rings. The van der Waals surface area contributed by atoms with Crippen LogP contribution in [-0.4, -0.2) is 16.4 Å². The highest BCUT2D eigenvalue weighted by Crippen LogP contribution is 2.37. The Morgan fingerprint density at radius 3 is 2.90 bits per heavy atom. The summed E-state index contributed by atoms with van der Waals surface area (Å²) in [6.45, 7) is 5.81. The molecule has 1 aliphatic heterocycles. The lowest BCUT2D eigenvalue weighted by molar-refractivity contribution is 0.213. The lowest BCUT2D eigenvalue weighted by Crippen LogP contribution is -2.43. The van der Waals surface area contributed by atoms with E-state index in [0.29, 0.717) is 6.61 Å². The molecule has 0 bridgehead atoms. The van der Waals surface area contributed by atoms with Crippen molar-refractivity contribution in [3.63, 3.8) is 0 Å². The van der Waals surface area contributed by atoms with E-state index in [9.17, 15) is 0 Å². The zero-order valence-corrected chi connectivity index (χ0v) is 12.8. The molecule has 21 heavy (non-hydrogen) atoms. The van der Waals surface area contributed by atoms with Crippen LogP contribution >= 0.6 is 0 Å². The number of rotatable bonds is 4. The first-order chi connectivity index (χ1) is 10.2.